The summed E-state index contributed by atoms with van der Waals surface area (Å²) in [5.74, 6) is -0.559. The average Bonchev–Trinajstić information content (AvgIpc) is 3.46. The summed E-state index contributed by atoms with van der Waals surface area (Å²) in [6, 6.07) is 9.15. The summed E-state index contributed by atoms with van der Waals surface area (Å²) in [6.45, 7) is 0.153. The van der Waals surface area contributed by atoms with Crippen molar-refractivity contribution in [2.75, 3.05) is 7.11 Å². The zero-order valence-corrected chi connectivity index (χ0v) is 18.0. The van der Waals surface area contributed by atoms with Gasteiger partial charge in [-0.25, -0.2) is 4.39 Å². The number of ether oxygens (including phenoxy) is 2. The van der Waals surface area contributed by atoms with Gasteiger partial charge in [-0.3, -0.25) is 9.59 Å². The number of methoxy groups -OCH3 is 1. The van der Waals surface area contributed by atoms with Gasteiger partial charge in [0, 0.05) is 16.7 Å². The minimum atomic E-state index is -0.334. The Bertz CT molecular complexity index is 1120. The number of benzene rings is 2. The predicted molar refractivity (Wildman–Crippen MR) is 116 cm³/mol. The smallest absolute Gasteiger partial charge is 0.254 e. The number of carbonyl (C=O) groups is 2. The molecule has 3 aliphatic rings. The van der Waals surface area contributed by atoms with Crippen molar-refractivity contribution in [2.24, 2.45) is 28.8 Å². The number of allylic oxidation sites excluding steroid dienone is 2. The Balaban J connectivity index is 1.41. The molecule has 1 heterocycles. The second-order valence-corrected chi connectivity index (χ2v) is 8.61. The van der Waals surface area contributed by atoms with E-state index in [1.54, 1.807) is 24.3 Å². The van der Waals surface area contributed by atoms with Gasteiger partial charge >= 0.3 is 0 Å². The van der Waals surface area contributed by atoms with E-state index in [1.807, 2.05) is 12.2 Å². The number of hydrogen-bond donors (Lipinski definition) is 0. The monoisotopic (exact) mass is 454 g/mol. The van der Waals surface area contributed by atoms with Crippen LogP contribution in [0.15, 0.2) is 53.7 Å². The lowest BCUT2D eigenvalue weighted by atomic mass is 9.85. The molecule has 2 aromatic carbocycles. The first-order chi connectivity index (χ1) is 15.5. The van der Waals surface area contributed by atoms with Crippen molar-refractivity contribution in [1.82, 2.24) is 5.01 Å². The van der Waals surface area contributed by atoms with Crippen LogP contribution >= 0.6 is 11.6 Å². The Labute approximate surface area is 189 Å². The summed E-state index contributed by atoms with van der Waals surface area (Å²) in [4.78, 5) is 25.7. The number of hydrazone groups is 1. The van der Waals surface area contributed by atoms with Gasteiger partial charge in [0.2, 0.25) is 0 Å². The molecule has 0 aromatic heterocycles. The quantitative estimate of drug-likeness (QED) is 0.372. The highest BCUT2D eigenvalue weighted by Gasteiger charge is 2.59. The minimum absolute atomic E-state index is 0.113. The highest BCUT2D eigenvalue weighted by molar-refractivity contribution is 6.31. The fourth-order valence-corrected chi connectivity index (χ4v) is 5.06. The lowest BCUT2D eigenvalue weighted by molar-refractivity contribution is -0.140. The largest absolute Gasteiger partial charge is 0.493 e. The summed E-state index contributed by atoms with van der Waals surface area (Å²) in [6.07, 6.45) is 6.32. The Hall–Kier alpha value is -3.19. The molecular weight excluding hydrogens is 435 g/mol. The molecule has 4 atom stereocenters. The van der Waals surface area contributed by atoms with Crippen molar-refractivity contribution in [3.63, 3.8) is 0 Å². The van der Waals surface area contributed by atoms with Crippen molar-refractivity contribution >= 4 is 29.6 Å². The van der Waals surface area contributed by atoms with E-state index in [1.165, 1.54) is 25.5 Å². The Kier molecular flexibility index (Phi) is 5.21. The fraction of sp³-hybridized carbons (Fsp3) is 0.292. The van der Waals surface area contributed by atoms with E-state index in [9.17, 15) is 14.0 Å². The molecule has 1 aliphatic heterocycles. The summed E-state index contributed by atoms with van der Waals surface area (Å²) in [7, 11) is 1.48. The normalized spacial score (nSPS) is 25.8. The molecule has 2 aliphatic carbocycles. The van der Waals surface area contributed by atoms with Gasteiger partial charge in [0.05, 0.1) is 25.2 Å². The third-order valence-corrected chi connectivity index (χ3v) is 6.54. The van der Waals surface area contributed by atoms with Crippen LogP contribution < -0.4 is 9.47 Å². The zero-order valence-electron chi connectivity index (χ0n) is 17.2. The molecule has 4 unspecified atom stereocenters. The number of hydrogen-bond acceptors (Lipinski definition) is 5. The molecular formula is C24H20ClFN2O4. The molecule has 5 rings (SSSR count). The molecule has 32 heavy (non-hydrogen) atoms. The van der Waals surface area contributed by atoms with E-state index in [0.29, 0.717) is 22.1 Å². The maximum atomic E-state index is 13.2. The first-order valence-corrected chi connectivity index (χ1v) is 10.7. The molecule has 164 valence electrons. The highest BCUT2D eigenvalue weighted by atomic mass is 35.5. The van der Waals surface area contributed by atoms with Crippen molar-refractivity contribution in [3.05, 3.63) is 70.5 Å². The molecule has 1 saturated heterocycles. The number of imide groups is 1. The first kappa shape index (κ1) is 20.7. The van der Waals surface area contributed by atoms with Crippen LogP contribution in [-0.2, 0) is 16.2 Å². The van der Waals surface area contributed by atoms with Gasteiger partial charge in [0.1, 0.15) is 12.4 Å². The van der Waals surface area contributed by atoms with Gasteiger partial charge in [-0.05, 0) is 42.0 Å². The first-order valence-electron chi connectivity index (χ1n) is 10.3. The number of fused-ring (bicyclic) bond motifs is 5. The topological polar surface area (TPSA) is 68.2 Å². The Morgan fingerprint density at radius 2 is 1.78 bits per heavy atom. The minimum Gasteiger partial charge on any atom is -0.493 e. The van der Waals surface area contributed by atoms with Gasteiger partial charge in [0.25, 0.3) is 11.8 Å². The average molecular weight is 455 g/mol. The van der Waals surface area contributed by atoms with E-state index in [2.05, 4.69) is 5.10 Å². The molecule has 6 nitrogen and oxygen atoms in total. The van der Waals surface area contributed by atoms with Crippen LogP contribution in [0.5, 0.6) is 11.5 Å². The van der Waals surface area contributed by atoms with Gasteiger partial charge in [-0.15, -0.1) is 0 Å². The maximum absolute atomic E-state index is 13.2. The van der Waals surface area contributed by atoms with Gasteiger partial charge in [0.15, 0.2) is 11.5 Å². The van der Waals surface area contributed by atoms with Crippen LogP contribution in [0.4, 0.5) is 4.39 Å². The van der Waals surface area contributed by atoms with Crippen LogP contribution in [0, 0.1) is 29.5 Å². The van der Waals surface area contributed by atoms with Crippen molar-refractivity contribution in [3.8, 4) is 11.5 Å². The Morgan fingerprint density at radius 1 is 1.12 bits per heavy atom. The highest BCUT2D eigenvalue weighted by Crippen LogP contribution is 2.52. The van der Waals surface area contributed by atoms with Gasteiger partial charge < -0.3 is 9.47 Å². The van der Waals surface area contributed by atoms with Gasteiger partial charge in [-0.2, -0.15) is 10.1 Å². The zero-order chi connectivity index (χ0) is 22.4. The van der Waals surface area contributed by atoms with Crippen LogP contribution in [-0.4, -0.2) is 30.1 Å². The molecule has 0 spiro atoms. The van der Waals surface area contributed by atoms with Crippen LogP contribution in [0.3, 0.4) is 0 Å². The van der Waals surface area contributed by atoms with E-state index < -0.39 is 0 Å². The summed E-state index contributed by atoms with van der Waals surface area (Å²) >= 11 is 6.22. The summed E-state index contributed by atoms with van der Waals surface area (Å²) in [5, 5.41) is 5.57. The number of carbonyl (C=O) groups excluding carboxylic acids is 2. The molecule has 2 fully saturated rings. The molecule has 2 bridgehead atoms. The lowest BCUT2D eigenvalue weighted by Crippen LogP contribution is -2.28. The standard InChI is InChI=1S/C24H20ClFN2O4/c1-31-19-10-17(25)9-16(22(19)32-12-13-2-6-18(26)7-3-13)11-27-28-23(29)20-14-4-5-15(8-14)21(20)24(28)30/h2-7,9-11,14-15,20-21H,8,12H2,1H3. The lowest BCUT2D eigenvalue weighted by Gasteiger charge is -2.15. The van der Waals surface area contributed by atoms with Crippen LogP contribution in [0.25, 0.3) is 0 Å². The molecule has 2 aromatic rings. The van der Waals surface area contributed by atoms with Crippen LogP contribution in [0.2, 0.25) is 5.02 Å². The molecule has 2 amide bonds. The number of halogens is 2. The number of nitrogens with zero attached hydrogens (tertiary/aromatic N) is 2. The SMILES string of the molecule is COc1cc(Cl)cc(C=NN2C(=O)C3C4C=CC(C4)C3C2=O)c1OCc1ccc(F)cc1. The number of amides is 2. The van der Waals surface area contributed by atoms with Crippen molar-refractivity contribution in [2.45, 2.75) is 13.0 Å². The molecule has 0 radical (unpaired) electrons. The van der Waals surface area contributed by atoms with E-state index in [0.717, 1.165) is 17.0 Å². The Morgan fingerprint density at radius 3 is 2.41 bits per heavy atom. The molecule has 1 saturated carbocycles. The second-order valence-electron chi connectivity index (χ2n) is 8.17. The van der Waals surface area contributed by atoms with Gasteiger partial charge in [-0.1, -0.05) is 35.9 Å². The van der Waals surface area contributed by atoms with Crippen molar-refractivity contribution < 1.29 is 23.5 Å². The van der Waals surface area contributed by atoms with Crippen LogP contribution in [0.1, 0.15) is 17.5 Å². The van der Waals surface area contributed by atoms with E-state index >= 15 is 0 Å². The predicted octanol–water partition coefficient (Wildman–Crippen LogP) is 4.21. The third kappa shape index (κ3) is 3.46. The molecule has 8 heteroatoms. The summed E-state index contributed by atoms with van der Waals surface area (Å²) in [5.41, 5.74) is 1.21. The molecule has 0 N–H and O–H groups in total. The van der Waals surface area contributed by atoms with E-state index in [4.69, 9.17) is 21.1 Å². The fourth-order valence-electron chi connectivity index (χ4n) is 4.85. The summed E-state index contributed by atoms with van der Waals surface area (Å²) < 4.78 is 24.5. The van der Waals surface area contributed by atoms with E-state index in [-0.39, 0.29) is 47.9 Å². The third-order valence-electron chi connectivity index (χ3n) is 6.32. The second kappa shape index (κ2) is 8.06. The van der Waals surface area contributed by atoms with Crippen molar-refractivity contribution in [1.29, 1.82) is 0 Å². The number of rotatable bonds is 6. The maximum Gasteiger partial charge on any atom is 0.254 e.